The van der Waals surface area contributed by atoms with E-state index in [1.165, 1.54) is 0 Å². The van der Waals surface area contributed by atoms with E-state index >= 15 is 0 Å². The minimum atomic E-state index is -0.195. The molecule has 0 saturated heterocycles. The van der Waals surface area contributed by atoms with Gasteiger partial charge in [0.05, 0.1) is 29.6 Å². The number of aromatic amines is 1. The van der Waals surface area contributed by atoms with Crippen molar-refractivity contribution < 1.29 is 4.79 Å². The molecule has 0 aliphatic heterocycles. The van der Waals surface area contributed by atoms with Gasteiger partial charge in [-0.1, -0.05) is 18.2 Å². The molecule has 1 amide bonds. The smallest absolute Gasteiger partial charge is 0.271 e. The van der Waals surface area contributed by atoms with Crippen molar-refractivity contribution in [3.63, 3.8) is 0 Å². The molecule has 3 aromatic heterocycles. The van der Waals surface area contributed by atoms with Crippen LogP contribution in [0.3, 0.4) is 0 Å². The molecule has 1 atom stereocenters. The van der Waals surface area contributed by atoms with Gasteiger partial charge in [0.2, 0.25) is 0 Å². The third-order valence-corrected chi connectivity index (χ3v) is 4.73. The van der Waals surface area contributed by atoms with E-state index in [2.05, 4.69) is 25.5 Å². The van der Waals surface area contributed by atoms with E-state index in [0.717, 1.165) is 28.0 Å². The Kier molecular flexibility index (Phi) is 4.89. The quantitative estimate of drug-likeness (QED) is 0.543. The van der Waals surface area contributed by atoms with E-state index in [1.807, 2.05) is 54.8 Å². The average Bonchev–Trinajstić information content (AvgIpc) is 3.32. The average molecular weight is 374 g/mol. The van der Waals surface area contributed by atoms with Gasteiger partial charge >= 0.3 is 0 Å². The van der Waals surface area contributed by atoms with Crippen LogP contribution in [0, 0.1) is 6.92 Å². The third kappa shape index (κ3) is 3.78. The van der Waals surface area contributed by atoms with Crippen LogP contribution in [-0.4, -0.2) is 36.7 Å². The van der Waals surface area contributed by atoms with Gasteiger partial charge in [-0.05, 0) is 43.7 Å². The minimum Gasteiger partial charge on any atom is -0.348 e. The number of rotatable bonds is 6. The summed E-state index contributed by atoms with van der Waals surface area (Å²) in [6.45, 7) is 4.57. The molecule has 0 spiro atoms. The number of nitrogens with zero attached hydrogens (tertiary/aromatic N) is 4. The second kappa shape index (κ2) is 7.64. The zero-order valence-electron chi connectivity index (χ0n) is 15.9. The number of carbonyl (C=O) groups is 1. The number of aromatic nitrogens is 5. The van der Waals surface area contributed by atoms with E-state index in [1.54, 1.807) is 18.6 Å². The molecule has 0 radical (unpaired) electrons. The van der Waals surface area contributed by atoms with E-state index in [4.69, 9.17) is 0 Å². The molecule has 3 heterocycles. The number of nitrogens with one attached hydrogen (secondary N) is 2. The van der Waals surface area contributed by atoms with Gasteiger partial charge in [-0.25, -0.2) is 4.98 Å². The summed E-state index contributed by atoms with van der Waals surface area (Å²) in [4.78, 5) is 21.3. The number of hydrogen-bond donors (Lipinski definition) is 2. The van der Waals surface area contributed by atoms with E-state index < -0.39 is 0 Å². The molecular formula is C21H22N6O. The van der Waals surface area contributed by atoms with Crippen LogP contribution in [0.25, 0.3) is 11.0 Å². The highest BCUT2D eigenvalue weighted by Crippen LogP contribution is 2.14. The van der Waals surface area contributed by atoms with Crippen molar-refractivity contribution in [3.05, 3.63) is 77.6 Å². The molecule has 7 nitrogen and oxygen atoms in total. The molecule has 0 fully saturated rings. The lowest BCUT2D eigenvalue weighted by Crippen LogP contribution is -2.34. The summed E-state index contributed by atoms with van der Waals surface area (Å²) in [7, 11) is 0. The summed E-state index contributed by atoms with van der Waals surface area (Å²) < 4.78 is 2.02. The lowest BCUT2D eigenvalue weighted by molar-refractivity contribution is 0.0935. The maximum atomic E-state index is 12.5. The van der Waals surface area contributed by atoms with Crippen molar-refractivity contribution in [1.29, 1.82) is 0 Å². The van der Waals surface area contributed by atoms with Crippen LogP contribution in [0.15, 0.2) is 55.0 Å². The van der Waals surface area contributed by atoms with Gasteiger partial charge in [0, 0.05) is 24.4 Å². The van der Waals surface area contributed by atoms with Gasteiger partial charge in [-0.15, -0.1) is 0 Å². The maximum absolute atomic E-state index is 12.5. The highest BCUT2D eigenvalue weighted by atomic mass is 16.2. The summed E-state index contributed by atoms with van der Waals surface area (Å²) in [5.74, 6) is -0.195. The fourth-order valence-corrected chi connectivity index (χ4v) is 3.25. The molecule has 0 saturated carbocycles. The number of fused-ring (bicyclic) bond motifs is 1. The minimum absolute atomic E-state index is 0.0427. The van der Waals surface area contributed by atoms with Crippen molar-refractivity contribution in [2.75, 3.05) is 0 Å². The first-order valence-corrected chi connectivity index (χ1v) is 9.25. The lowest BCUT2D eigenvalue weighted by Gasteiger charge is -2.13. The Morgan fingerprint density at radius 2 is 2.07 bits per heavy atom. The first kappa shape index (κ1) is 17.9. The number of carbonyl (C=O) groups excluding carboxylic acids is 1. The molecule has 0 aliphatic carbocycles. The fourth-order valence-electron chi connectivity index (χ4n) is 3.25. The summed E-state index contributed by atoms with van der Waals surface area (Å²) in [6, 6.07) is 13.6. The normalized spacial score (nSPS) is 12.2. The molecule has 7 heteroatoms. The predicted octanol–water partition coefficient (Wildman–Crippen LogP) is 2.87. The number of aryl methyl sites for hydroxylation is 1. The molecule has 28 heavy (non-hydrogen) atoms. The van der Waals surface area contributed by atoms with Crippen molar-refractivity contribution in [1.82, 2.24) is 30.0 Å². The number of amides is 1. The Morgan fingerprint density at radius 1 is 1.21 bits per heavy atom. The largest absolute Gasteiger partial charge is 0.348 e. The van der Waals surface area contributed by atoms with E-state index in [-0.39, 0.29) is 11.9 Å². The summed E-state index contributed by atoms with van der Waals surface area (Å²) in [5, 5.41) is 10.1. The number of pyridine rings is 1. The Morgan fingerprint density at radius 3 is 2.93 bits per heavy atom. The second-order valence-electron chi connectivity index (χ2n) is 6.99. The molecular weight excluding hydrogens is 352 g/mol. The Bertz CT molecular complexity index is 1110. The topological polar surface area (TPSA) is 88.5 Å². The number of hydrogen-bond acceptors (Lipinski definition) is 4. The molecule has 142 valence electrons. The summed E-state index contributed by atoms with van der Waals surface area (Å²) >= 11 is 0. The van der Waals surface area contributed by atoms with Crippen LogP contribution in [0.5, 0.6) is 0 Å². The molecule has 1 aromatic carbocycles. The zero-order valence-corrected chi connectivity index (χ0v) is 15.9. The highest BCUT2D eigenvalue weighted by molar-refractivity contribution is 5.92. The van der Waals surface area contributed by atoms with Gasteiger partial charge < -0.3 is 9.88 Å². The van der Waals surface area contributed by atoms with Crippen molar-refractivity contribution in [2.45, 2.75) is 32.9 Å². The van der Waals surface area contributed by atoms with Gasteiger partial charge in [0.25, 0.3) is 5.91 Å². The molecule has 2 N–H and O–H groups in total. The first-order valence-electron chi connectivity index (χ1n) is 9.25. The first-order chi connectivity index (χ1) is 13.6. The molecule has 4 rings (SSSR count). The van der Waals surface area contributed by atoms with E-state index in [9.17, 15) is 4.79 Å². The third-order valence-electron chi connectivity index (χ3n) is 4.73. The Hall–Kier alpha value is -3.48. The maximum Gasteiger partial charge on any atom is 0.271 e. The molecule has 0 bridgehead atoms. The van der Waals surface area contributed by atoms with Crippen molar-refractivity contribution >= 4 is 16.9 Å². The number of benzene rings is 1. The van der Waals surface area contributed by atoms with E-state index in [0.29, 0.717) is 18.7 Å². The Balaban J connectivity index is 1.41. The van der Waals surface area contributed by atoms with Crippen LogP contribution in [0.4, 0.5) is 0 Å². The van der Waals surface area contributed by atoms with Crippen LogP contribution in [0.1, 0.15) is 34.4 Å². The summed E-state index contributed by atoms with van der Waals surface area (Å²) in [5.41, 5.74) is 5.33. The van der Waals surface area contributed by atoms with Crippen LogP contribution >= 0.6 is 0 Å². The summed E-state index contributed by atoms with van der Waals surface area (Å²) in [6.07, 6.45) is 4.25. The monoisotopic (exact) mass is 374 g/mol. The van der Waals surface area contributed by atoms with Crippen LogP contribution < -0.4 is 5.32 Å². The Labute approximate surface area is 162 Å². The second-order valence-corrected chi connectivity index (χ2v) is 6.99. The highest BCUT2D eigenvalue weighted by Gasteiger charge is 2.15. The van der Waals surface area contributed by atoms with Crippen LogP contribution in [0.2, 0.25) is 0 Å². The lowest BCUT2D eigenvalue weighted by atomic mass is 10.1. The SMILES string of the molecule is Cc1cccnc1C[C@@H](C)NC(=O)c1cc(Cn2cnc3ccccc32)[nH]n1. The number of H-pyrrole nitrogens is 1. The van der Waals surface area contributed by atoms with Gasteiger partial charge in [0.15, 0.2) is 0 Å². The standard InChI is InChI=1S/C21H22N6O/c1-14-6-5-9-22-18(14)10-15(2)24-21(28)19-11-16(25-26-19)12-27-13-23-17-7-3-4-8-20(17)27/h3-9,11,13,15H,10,12H2,1-2H3,(H,24,28)(H,25,26)/t15-/m1/s1. The zero-order chi connectivity index (χ0) is 19.5. The molecule has 0 aliphatic rings. The van der Waals surface area contributed by atoms with Crippen molar-refractivity contribution in [2.24, 2.45) is 0 Å². The van der Waals surface area contributed by atoms with Crippen LogP contribution in [-0.2, 0) is 13.0 Å². The van der Waals surface area contributed by atoms with Gasteiger partial charge in [-0.2, -0.15) is 5.10 Å². The van der Waals surface area contributed by atoms with Gasteiger partial charge in [-0.3, -0.25) is 14.9 Å². The fraction of sp³-hybridized carbons (Fsp3) is 0.238. The number of imidazole rings is 1. The van der Waals surface area contributed by atoms with Gasteiger partial charge in [0.1, 0.15) is 5.69 Å². The van der Waals surface area contributed by atoms with Crippen molar-refractivity contribution in [3.8, 4) is 0 Å². The number of para-hydroxylation sites is 2. The molecule has 4 aromatic rings. The predicted molar refractivity (Wildman–Crippen MR) is 107 cm³/mol. The molecule has 0 unspecified atom stereocenters.